The number of hydrogen-bond acceptors (Lipinski definition) is 3. The standard InChI is InChI=1S/C6H15NO2S.ClH/c1-6(2,5-7-3)10(4,8)9;/h7H,5H2,1-4H3;1H. The summed E-state index contributed by atoms with van der Waals surface area (Å²) in [5, 5.41) is 2.84. The lowest BCUT2D eigenvalue weighted by Gasteiger charge is -2.21. The molecule has 0 amide bonds. The average molecular weight is 202 g/mol. The first-order valence-electron chi connectivity index (χ1n) is 3.15. The van der Waals surface area contributed by atoms with E-state index in [4.69, 9.17) is 0 Å². The highest BCUT2D eigenvalue weighted by Gasteiger charge is 2.28. The Morgan fingerprint density at radius 1 is 1.36 bits per heavy atom. The molecule has 3 nitrogen and oxygen atoms in total. The van der Waals surface area contributed by atoms with Gasteiger partial charge >= 0.3 is 0 Å². The largest absolute Gasteiger partial charge is 0.318 e. The van der Waals surface area contributed by atoms with E-state index in [1.54, 1.807) is 20.9 Å². The second kappa shape index (κ2) is 4.28. The summed E-state index contributed by atoms with van der Waals surface area (Å²) >= 11 is 0. The Balaban J connectivity index is 0. The highest BCUT2D eigenvalue weighted by atomic mass is 35.5. The second-order valence-electron chi connectivity index (χ2n) is 3.06. The van der Waals surface area contributed by atoms with E-state index in [0.29, 0.717) is 6.54 Å². The van der Waals surface area contributed by atoms with Gasteiger partial charge < -0.3 is 5.32 Å². The second-order valence-corrected chi connectivity index (χ2v) is 5.71. The lowest BCUT2D eigenvalue weighted by molar-refractivity contribution is 0.537. The number of rotatable bonds is 3. The molecule has 11 heavy (non-hydrogen) atoms. The Kier molecular flexibility index (Phi) is 5.36. The summed E-state index contributed by atoms with van der Waals surface area (Å²) in [5.74, 6) is 0. The van der Waals surface area contributed by atoms with E-state index in [1.165, 1.54) is 6.26 Å². The Morgan fingerprint density at radius 3 is 1.82 bits per heavy atom. The highest BCUT2D eigenvalue weighted by Crippen LogP contribution is 2.12. The molecule has 70 valence electrons. The molecule has 1 N–H and O–H groups in total. The molecule has 0 radical (unpaired) electrons. The highest BCUT2D eigenvalue weighted by molar-refractivity contribution is 7.92. The van der Waals surface area contributed by atoms with Crippen molar-refractivity contribution in [3.05, 3.63) is 0 Å². The van der Waals surface area contributed by atoms with E-state index in [0.717, 1.165) is 0 Å². The summed E-state index contributed by atoms with van der Waals surface area (Å²) in [6, 6.07) is 0. The predicted octanol–water partition coefficient (Wildman–Crippen LogP) is 0.451. The van der Waals surface area contributed by atoms with Gasteiger partial charge in [-0.3, -0.25) is 0 Å². The molecule has 5 heteroatoms. The Bertz CT molecular complexity index is 199. The molecule has 0 unspecified atom stereocenters. The molecule has 0 bridgehead atoms. The third kappa shape index (κ3) is 3.94. The summed E-state index contributed by atoms with van der Waals surface area (Å²) in [4.78, 5) is 0. The van der Waals surface area contributed by atoms with Crippen LogP contribution in [0.2, 0.25) is 0 Å². The van der Waals surface area contributed by atoms with Gasteiger partial charge in [-0.1, -0.05) is 0 Å². The normalized spacial score (nSPS) is 12.4. The van der Waals surface area contributed by atoms with Crippen molar-refractivity contribution in [3.8, 4) is 0 Å². The smallest absolute Gasteiger partial charge is 0.153 e. The van der Waals surface area contributed by atoms with Gasteiger partial charge in [0.25, 0.3) is 0 Å². The number of hydrogen-bond donors (Lipinski definition) is 1. The van der Waals surface area contributed by atoms with Crippen LogP contribution in [0.5, 0.6) is 0 Å². The number of halogens is 1. The van der Waals surface area contributed by atoms with Gasteiger partial charge in [-0.25, -0.2) is 8.42 Å². The molecule has 0 heterocycles. The average Bonchev–Trinajstić information content (AvgIpc) is 1.61. The van der Waals surface area contributed by atoms with Crippen LogP contribution >= 0.6 is 12.4 Å². The number of nitrogens with one attached hydrogen (secondary N) is 1. The molecule has 0 saturated carbocycles. The molecule has 0 aromatic carbocycles. The van der Waals surface area contributed by atoms with Gasteiger partial charge in [-0.05, 0) is 20.9 Å². The van der Waals surface area contributed by atoms with Crippen molar-refractivity contribution in [1.29, 1.82) is 0 Å². The molecule has 0 spiro atoms. The first-order valence-corrected chi connectivity index (χ1v) is 5.04. The van der Waals surface area contributed by atoms with Crippen molar-refractivity contribution in [2.45, 2.75) is 18.6 Å². The van der Waals surface area contributed by atoms with Crippen LogP contribution in [0.1, 0.15) is 13.8 Å². The molecule has 0 saturated heterocycles. The van der Waals surface area contributed by atoms with Gasteiger partial charge in [0.15, 0.2) is 9.84 Å². The topological polar surface area (TPSA) is 46.2 Å². The number of sulfone groups is 1. The SMILES string of the molecule is CNCC(C)(C)S(C)(=O)=O.Cl. The molecule has 0 aliphatic heterocycles. The van der Waals surface area contributed by atoms with Crippen molar-refractivity contribution in [2.24, 2.45) is 0 Å². The minimum atomic E-state index is -2.93. The third-order valence-electron chi connectivity index (χ3n) is 1.61. The summed E-state index contributed by atoms with van der Waals surface area (Å²) in [6.07, 6.45) is 1.25. The van der Waals surface area contributed by atoms with Crippen molar-refractivity contribution >= 4 is 22.2 Å². The van der Waals surface area contributed by atoms with Crippen LogP contribution in [0.15, 0.2) is 0 Å². The van der Waals surface area contributed by atoms with Crippen LogP contribution in [0.3, 0.4) is 0 Å². The Hall–Kier alpha value is 0.200. The van der Waals surface area contributed by atoms with Crippen LogP contribution in [0, 0.1) is 0 Å². The van der Waals surface area contributed by atoms with E-state index in [-0.39, 0.29) is 12.4 Å². The quantitative estimate of drug-likeness (QED) is 0.722. The predicted molar refractivity (Wildman–Crippen MR) is 50.1 cm³/mol. The monoisotopic (exact) mass is 201 g/mol. The summed E-state index contributed by atoms with van der Waals surface area (Å²) in [7, 11) is -1.18. The summed E-state index contributed by atoms with van der Waals surface area (Å²) in [6.45, 7) is 3.91. The fourth-order valence-electron chi connectivity index (χ4n) is 0.557. The maximum absolute atomic E-state index is 11.0. The zero-order chi connectivity index (χ0) is 8.41. The first-order chi connectivity index (χ1) is 4.31. The van der Waals surface area contributed by atoms with Crippen LogP contribution in [0.4, 0.5) is 0 Å². The molecule has 0 atom stereocenters. The van der Waals surface area contributed by atoms with Crippen molar-refractivity contribution in [3.63, 3.8) is 0 Å². The zero-order valence-electron chi connectivity index (χ0n) is 7.34. The molecule has 0 aromatic rings. The maximum atomic E-state index is 11.0. The van der Waals surface area contributed by atoms with Crippen molar-refractivity contribution < 1.29 is 8.42 Å². The van der Waals surface area contributed by atoms with Crippen molar-refractivity contribution in [1.82, 2.24) is 5.32 Å². The van der Waals surface area contributed by atoms with Crippen LogP contribution in [0.25, 0.3) is 0 Å². The zero-order valence-corrected chi connectivity index (χ0v) is 8.97. The molecule has 0 aliphatic carbocycles. The molecular weight excluding hydrogens is 186 g/mol. The third-order valence-corrected chi connectivity index (χ3v) is 3.76. The van der Waals surface area contributed by atoms with E-state index in [1.807, 2.05) is 0 Å². The lowest BCUT2D eigenvalue weighted by Crippen LogP contribution is -2.40. The molecule has 0 aromatic heterocycles. The van der Waals surface area contributed by atoms with Crippen LogP contribution in [-0.4, -0.2) is 33.0 Å². The van der Waals surface area contributed by atoms with Crippen LogP contribution < -0.4 is 5.32 Å². The van der Waals surface area contributed by atoms with Gasteiger partial charge in [0.2, 0.25) is 0 Å². The fraction of sp³-hybridized carbons (Fsp3) is 1.00. The Morgan fingerprint density at radius 2 is 1.73 bits per heavy atom. The van der Waals surface area contributed by atoms with Gasteiger partial charge in [0, 0.05) is 12.8 Å². The first kappa shape index (κ1) is 13.8. The molecule has 0 rings (SSSR count). The van der Waals surface area contributed by atoms with E-state index in [9.17, 15) is 8.42 Å². The molecule has 0 fully saturated rings. The van der Waals surface area contributed by atoms with Crippen molar-refractivity contribution in [2.75, 3.05) is 19.8 Å². The minimum absolute atomic E-state index is 0. The Labute approximate surface area is 74.9 Å². The summed E-state index contributed by atoms with van der Waals surface area (Å²) in [5.41, 5.74) is 0. The van der Waals surface area contributed by atoms with Gasteiger partial charge in [-0.2, -0.15) is 0 Å². The van der Waals surface area contributed by atoms with E-state index in [2.05, 4.69) is 5.32 Å². The van der Waals surface area contributed by atoms with Gasteiger partial charge in [0.1, 0.15) is 0 Å². The van der Waals surface area contributed by atoms with E-state index >= 15 is 0 Å². The minimum Gasteiger partial charge on any atom is -0.318 e. The van der Waals surface area contributed by atoms with Gasteiger partial charge in [-0.15, -0.1) is 12.4 Å². The van der Waals surface area contributed by atoms with Gasteiger partial charge in [0.05, 0.1) is 4.75 Å². The van der Waals surface area contributed by atoms with Crippen LogP contribution in [-0.2, 0) is 9.84 Å². The molecule has 0 aliphatic rings. The fourth-order valence-corrected chi connectivity index (χ4v) is 0.963. The maximum Gasteiger partial charge on any atom is 0.153 e. The summed E-state index contributed by atoms with van der Waals surface area (Å²) < 4.78 is 21.4. The molecular formula is C6H16ClNO2S. The van der Waals surface area contributed by atoms with E-state index < -0.39 is 14.6 Å². The lowest BCUT2D eigenvalue weighted by atomic mass is 10.2.